The Bertz CT molecular complexity index is 368. The predicted molar refractivity (Wildman–Crippen MR) is 67.8 cm³/mol. The summed E-state index contributed by atoms with van der Waals surface area (Å²) >= 11 is 11.7. The molecule has 5 heteroatoms. The molecule has 0 spiro atoms. The van der Waals surface area contributed by atoms with Gasteiger partial charge < -0.3 is 9.47 Å². The molecule has 1 aromatic heterocycles. The third-order valence-electron chi connectivity index (χ3n) is 2.83. The van der Waals surface area contributed by atoms with E-state index >= 15 is 0 Å². The lowest BCUT2D eigenvalue weighted by atomic mass is 10.0. The van der Waals surface area contributed by atoms with Crippen LogP contribution in [0, 0.1) is 5.92 Å². The molecular formula is C12H15Cl2NO2. The van der Waals surface area contributed by atoms with Gasteiger partial charge in [-0.05, 0) is 24.8 Å². The molecule has 3 nitrogen and oxygen atoms in total. The van der Waals surface area contributed by atoms with Crippen molar-refractivity contribution >= 4 is 23.2 Å². The van der Waals surface area contributed by atoms with Gasteiger partial charge in [-0.2, -0.15) is 0 Å². The van der Waals surface area contributed by atoms with Crippen molar-refractivity contribution in [3.63, 3.8) is 0 Å². The van der Waals surface area contributed by atoms with Crippen molar-refractivity contribution < 1.29 is 9.47 Å². The van der Waals surface area contributed by atoms with E-state index in [1.54, 1.807) is 12.1 Å². The highest BCUT2D eigenvalue weighted by Crippen LogP contribution is 2.21. The van der Waals surface area contributed by atoms with Crippen LogP contribution in [0.3, 0.4) is 0 Å². The second kappa shape index (κ2) is 6.43. The van der Waals surface area contributed by atoms with Crippen LogP contribution in [-0.4, -0.2) is 24.8 Å². The Hall–Kier alpha value is -0.510. The first-order valence-corrected chi connectivity index (χ1v) is 6.63. The number of nitrogens with zero attached hydrogens (tertiary/aromatic N) is 1. The van der Waals surface area contributed by atoms with E-state index in [9.17, 15) is 0 Å². The molecule has 0 atom stereocenters. The molecule has 1 saturated heterocycles. The minimum absolute atomic E-state index is 0.299. The van der Waals surface area contributed by atoms with Crippen LogP contribution in [-0.2, 0) is 10.6 Å². The molecule has 0 aromatic carbocycles. The largest absolute Gasteiger partial charge is 0.477 e. The summed E-state index contributed by atoms with van der Waals surface area (Å²) in [6.45, 7) is 2.34. The van der Waals surface area contributed by atoms with Crippen LogP contribution < -0.4 is 4.74 Å². The first-order valence-electron chi connectivity index (χ1n) is 5.71. The van der Waals surface area contributed by atoms with E-state index in [0.29, 0.717) is 35.0 Å². The van der Waals surface area contributed by atoms with Gasteiger partial charge in [0.05, 0.1) is 23.2 Å². The molecule has 1 aliphatic heterocycles. The fourth-order valence-electron chi connectivity index (χ4n) is 1.75. The summed E-state index contributed by atoms with van der Waals surface area (Å²) in [5, 5.41) is 0.582. The van der Waals surface area contributed by atoms with E-state index in [1.807, 2.05) is 0 Å². The number of halogens is 2. The molecule has 94 valence electrons. The average molecular weight is 276 g/mol. The second-order valence-electron chi connectivity index (χ2n) is 4.08. The second-order valence-corrected chi connectivity index (χ2v) is 4.75. The Morgan fingerprint density at radius 1 is 1.35 bits per heavy atom. The molecule has 0 aliphatic carbocycles. The quantitative estimate of drug-likeness (QED) is 0.791. The van der Waals surface area contributed by atoms with Crippen LogP contribution in [0.5, 0.6) is 5.88 Å². The van der Waals surface area contributed by atoms with E-state index in [4.69, 9.17) is 32.7 Å². The van der Waals surface area contributed by atoms with Gasteiger partial charge in [0.15, 0.2) is 0 Å². The fourth-order valence-corrected chi connectivity index (χ4v) is 2.20. The SMILES string of the molecule is ClCc1nc(OCC2CCOCC2)ccc1Cl. The van der Waals surface area contributed by atoms with Crippen molar-refractivity contribution in [3.8, 4) is 5.88 Å². The van der Waals surface area contributed by atoms with Gasteiger partial charge in [0.2, 0.25) is 5.88 Å². The Morgan fingerprint density at radius 3 is 2.82 bits per heavy atom. The first kappa shape index (κ1) is 12.9. The van der Waals surface area contributed by atoms with Crippen molar-refractivity contribution in [2.45, 2.75) is 18.7 Å². The van der Waals surface area contributed by atoms with Gasteiger partial charge in [-0.25, -0.2) is 4.98 Å². The van der Waals surface area contributed by atoms with E-state index < -0.39 is 0 Å². The Balaban J connectivity index is 1.89. The highest BCUT2D eigenvalue weighted by molar-refractivity contribution is 6.32. The molecule has 2 heterocycles. The molecular weight excluding hydrogens is 261 g/mol. The normalized spacial score (nSPS) is 17.1. The van der Waals surface area contributed by atoms with E-state index in [-0.39, 0.29) is 0 Å². The third kappa shape index (κ3) is 3.73. The molecule has 1 aromatic rings. The van der Waals surface area contributed by atoms with Crippen LogP contribution in [0.1, 0.15) is 18.5 Å². The van der Waals surface area contributed by atoms with Crippen molar-refractivity contribution in [3.05, 3.63) is 22.8 Å². The molecule has 0 radical (unpaired) electrons. The molecule has 1 aliphatic rings. The molecule has 0 bridgehead atoms. The van der Waals surface area contributed by atoms with Gasteiger partial charge in [-0.1, -0.05) is 11.6 Å². The summed E-state index contributed by atoms with van der Waals surface area (Å²) in [5.41, 5.74) is 0.665. The Morgan fingerprint density at radius 2 is 2.12 bits per heavy atom. The number of hydrogen-bond donors (Lipinski definition) is 0. The zero-order valence-electron chi connectivity index (χ0n) is 9.49. The summed E-state index contributed by atoms with van der Waals surface area (Å²) in [5.74, 6) is 1.45. The molecule has 0 amide bonds. The molecule has 17 heavy (non-hydrogen) atoms. The number of ether oxygens (including phenoxy) is 2. The number of rotatable bonds is 4. The highest BCUT2D eigenvalue weighted by atomic mass is 35.5. The van der Waals surface area contributed by atoms with Crippen molar-refractivity contribution in [2.75, 3.05) is 19.8 Å². The minimum atomic E-state index is 0.299. The Labute approximate surface area is 111 Å². The van der Waals surface area contributed by atoms with Gasteiger partial charge >= 0.3 is 0 Å². The predicted octanol–water partition coefficient (Wildman–Crippen LogP) is 3.28. The average Bonchev–Trinajstić information content (AvgIpc) is 2.39. The summed E-state index contributed by atoms with van der Waals surface area (Å²) < 4.78 is 11.0. The molecule has 2 rings (SSSR count). The zero-order valence-corrected chi connectivity index (χ0v) is 11.0. The van der Waals surface area contributed by atoms with Crippen molar-refractivity contribution in [2.24, 2.45) is 5.92 Å². The maximum Gasteiger partial charge on any atom is 0.213 e. The lowest BCUT2D eigenvalue weighted by Gasteiger charge is -2.21. The summed E-state index contributed by atoms with van der Waals surface area (Å²) in [4.78, 5) is 4.26. The van der Waals surface area contributed by atoms with Crippen LogP contribution in [0.25, 0.3) is 0 Å². The first-order chi connectivity index (χ1) is 8.29. The van der Waals surface area contributed by atoms with Gasteiger partial charge in [0.25, 0.3) is 0 Å². The van der Waals surface area contributed by atoms with Crippen LogP contribution in [0.4, 0.5) is 0 Å². The number of alkyl halides is 1. The fraction of sp³-hybridized carbons (Fsp3) is 0.583. The van der Waals surface area contributed by atoms with Crippen molar-refractivity contribution in [1.82, 2.24) is 4.98 Å². The maximum atomic E-state index is 5.93. The topological polar surface area (TPSA) is 31.4 Å². The Kier molecular flexibility index (Phi) is 4.89. The molecule has 0 saturated carbocycles. The van der Waals surface area contributed by atoms with Crippen LogP contribution >= 0.6 is 23.2 Å². The smallest absolute Gasteiger partial charge is 0.213 e. The molecule has 1 fully saturated rings. The lowest BCUT2D eigenvalue weighted by Crippen LogP contribution is -2.21. The molecule has 0 unspecified atom stereocenters. The maximum absolute atomic E-state index is 5.93. The van der Waals surface area contributed by atoms with Gasteiger partial charge in [0.1, 0.15) is 0 Å². The lowest BCUT2D eigenvalue weighted by molar-refractivity contribution is 0.0490. The standard InChI is InChI=1S/C12H15Cl2NO2/c13-7-11-10(14)1-2-12(15-11)17-8-9-3-5-16-6-4-9/h1-2,9H,3-8H2. The highest BCUT2D eigenvalue weighted by Gasteiger charge is 2.14. The summed E-state index contributed by atoms with van der Waals surface area (Å²) in [6.07, 6.45) is 2.10. The number of aromatic nitrogens is 1. The van der Waals surface area contributed by atoms with Crippen LogP contribution in [0.15, 0.2) is 12.1 Å². The van der Waals surface area contributed by atoms with E-state index in [1.165, 1.54) is 0 Å². The third-order valence-corrected chi connectivity index (χ3v) is 3.42. The van der Waals surface area contributed by atoms with Gasteiger partial charge in [0, 0.05) is 19.3 Å². The monoisotopic (exact) mass is 275 g/mol. The summed E-state index contributed by atoms with van der Waals surface area (Å²) in [6, 6.07) is 3.54. The number of pyridine rings is 1. The van der Waals surface area contributed by atoms with Gasteiger partial charge in [-0.3, -0.25) is 0 Å². The minimum Gasteiger partial charge on any atom is -0.477 e. The van der Waals surface area contributed by atoms with Crippen LogP contribution in [0.2, 0.25) is 5.02 Å². The number of hydrogen-bond acceptors (Lipinski definition) is 3. The van der Waals surface area contributed by atoms with E-state index in [0.717, 1.165) is 26.1 Å². The molecule has 0 N–H and O–H groups in total. The van der Waals surface area contributed by atoms with Crippen molar-refractivity contribution in [1.29, 1.82) is 0 Å². The van der Waals surface area contributed by atoms with E-state index in [2.05, 4.69) is 4.98 Å². The van der Waals surface area contributed by atoms with Gasteiger partial charge in [-0.15, -0.1) is 11.6 Å². The zero-order chi connectivity index (χ0) is 12.1. The summed E-state index contributed by atoms with van der Waals surface area (Å²) in [7, 11) is 0.